The Morgan fingerprint density at radius 2 is 1.93 bits per heavy atom. The highest BCUT2D eigenvalue weighted by Gasteiger charge is 2.40. The van der Waals surface area contributed by atoms with Crippen molar-refractivity contribution in [1.29, 1.82) is 0 Å². The van der Waals surface area contributed by atoms with Gasteiger partial charge in [0.2, 0.25) is 0 Å². The summed E-state index contributed by atoms with van der Waals surface area (Å²) in [5.74, 6) is 1.33. The van der Waals surface area contributed by atoms with Crippen molar-refractivity contribution in [3.05, 3.63) is 77.0 Å². The number of hydrogen-bond acceptors (Lipinski definition) is 8. The third-order valence-corrected chi connectivity index (χ3v) is 6.90. The highest BCUT2D eigenvalue weighted by Crippen LogP contribution is 2.36. The maximum atomic E-state index is 14.0. The highest BCUT2D eigenvalue weighted by atomic mass is 19.4. The van der Waals surface area contributed by atoms with Crippen LogP contribution in [0.2, 0.25) is 0 Å². The van der Waals surface area contributed by atoms with Gasteiger partial charge in [-0.15, -0.1) is 5.10 Å². The summed E-state index contributed by atoms with van der Waals surface area (Å²) in [6, 6.07) is 12.8. The molecule has 206 valence electrons. The molecule has 0 bridgehead atoms. The third kappa shape index (κ3) is 4.77. The molecule has 5 heterocycles. The van der Waals surface area contributed by atoms with Gasteiger partial charge in [0, 0.05) is 37.4 Å². The lowest BCUT2D eigenvalue weighted by Crippen LogP contribution is -2.28. The standard InChI is InChI=1S/C27H26F3N9O/c1-16-3-7-23(35-34-16)32-18-5-6-22-20(13-18)31-15-38(22)24-8-4-17(10-12-40)26(33-24)39-21-9-11-37(2)14-19(21)25(36-39)27(28,29)30/h3-8,13,15,40H,9-12,14H2,1-2H3,(H,32,35). The molecule has 0 spiro atoms. The Morgan fingerprint density at radius 3 is 2.67 bits per heavy atom. The van der Waals surface area contributed by atoms with Crippen LogP contribution in [0.3, 0.4) is 0 Å². The monoisotopic (exact) mass is 549 g/mol. The molecule has 2 N–H and O–H groups in total. The second-order valence-corrected chi connectivity index (χ2v) is 9.80. The molecule has 5 aromatic rings. The number of likely N-dealkylation sites (N-methyl/N-ethyl adjacent to an activating group) is 1. The van der Waals surface area contributed by atoms with E-state index in [1.165, 1.54) is 4.68 Å². The molecule has 0 fully saturated rings. The molecule has 0 amide bonds. The van der Waals surface area contributed by atoms with Crippen LogP contribution in [-0.2, 0) is 25.6 Å². The van der Waals surface area contributed by atoms with Gasteiger partial charge in [0.25, 0.3) is 0 Å². The van der Waals surface area contributed by atoms with Crippen molar-refractivity contribution >= 4 is 22.5 Å². The first kappa shape index (κ1) is 25.9. The fraction of sp³-hybridized carbons (Fsp3) is 0.296. The summed E-state index contributed by atoms with van der Waals surface area (Å²) in [4.78, 5) is 11.1. The van der Waals surface area contributed by atoms with Crippen molar-refractivity contribution in [3.8, 4) is 11.6 Å². The van der Waals surface area contributed by atoms with Gasteiger partial charge >= 0.3 is 6.18 Å². The second kappa shape index (κ2) is 9.99. The van der Waals surface area contributed by atoms with Gasteiger partial charge in [-0.1, -0.05) is 6.07 Å². The number of imidazole rings is 1. The minimum Gasteiger partial charge on any atom is -0.396 e. The van der Waals surface area contributed by atoms with Crippen LogP contribution in [0, 0.1) is 6.92 Å². The number of rotatable bonds is 6. The van der Waals surface area contributed by atoms with E-state index in [1.807, 2.05) is 42.2 Å². The molecule has 13 heteroatoms. The van der Waals surface area contributed by atoms with E-state index in [-0.39, 0.29) is 31.0 Å². The minimum absolute atomic E-state index is 0.149. The summed E-state index contributed by atoms with van der Waals surface area (Å²) >= 11 is 0. The van der Waals surface area contributed by atoms with E-state index in [4.69, 9.17) is 4.98 Å². The number of nitrogens with zero attached hydrogens (tertiary/aromatic N) is 8. The molecule has 40 heavy (non-hydrogen) atoms. The van der Waals surface area contributed by atoms with Crippen molar-refractivity contribution in [1.82, 2.24) is 39.4 Å². The van der Waals surface area contributed by atoms with E-state index in [1.54, 1.807) is 30.1 Å². The molecular formula is C27H26F3N9O. The Morgan fingerprint density at radius 1 is 1.07 bits per heavy atom. The summed E-state index contributed by atoms with van der Waals surface area (Å²) in [5.41, 5.74) is 3.38. The smallest absolute Gasteiger partial charge is 0.396 e. The molecule has 0 unspecified atom stereocenters. The van der Waals surface area contributed by atoms with E-state index in [9.17, 15) is 18.3 Å². The first-order valence-corrected chi connectivity index (χ1v) is 12.7. The fourth-order valence-electron chi connectivity index (χ4n) is 4.94. The van der Waals surface area contributed by atoms with Crippen LogP contribution in [0.25, 0.3) is 22.7 Å². The zero-order valence-corrected chi connectivity index (χ0v) is 21.8. The Balaban J connectivity index is 1.42. The van der Waals surface area contributed by atoms with Crippen LogP contribution >= 0.6 is 0 Å². The Kier molecular flexibility index (Phi) is 6.47. The lowest BCUT2D eigenvalue weighted by atomic mass is 10.1. The SMILES string of the molecule is Cc1ccc(Nc2ccc3c(c2)ncn3-c2ccc(CCO)c(-n3nc(C(F)(F)F)c4c3CCN(C)C4)n2)nn1. The summed E-state index contributed by atoms with van der Waals surface area (Å²) in [5, 5.41) is 25.1. The lowest BCUT2D eigenvalue weighted by molar-refractivity contribution is -0.142. The first-order chi connectivity index (χ1) is 19.2. The van der Waals surface area contributed by atoms with Crippen LogP contribution in [0.1, 0.15) is 28.2 Å². The first-order valence-electron chi connectivity index (χ1n) is 12.7. The molecule has 10 nitrogen and oxygen atoms in total. The van der Waals surface area contributed by atoms with Crippen molar-refractivity contribution in [2.75, 3.05) is 25.5 Å². The van der Waals surface area contributed by atoms with Crippen molar-refractivity contribution in [2.45, 2.75) is 32.5 Å². The molecule has 0 aliphatic carbocycles. The van der Waals surface area contributed by atoms with Crippen LogP contribution < -0.4 is 5.32 Å². The minimum atomic E-state index is -4.60. The number of anilines is 2. The lowest BCUT2D eigenvalue weighted by Gasteiger charge is -2.24. The van der Waals surface area contributed by atoms with Gasteiger partial charge in [-0.3, -0.25) is 4.57 Å². The highest BCUT2D eigenvalue weighted by molar-refractivity contribution is 5.82. The third-order valence-electron chi connectivity index (χ3n) is 6.90. The number of hydrogen-bond donors (Lipinski definition) is 2. The van der Waals surface area contributed by atoms with Crippen molar-refractivity contribution < 1.29 is 18.3 Å². The van der Waals surface area contributed by atoms with Crippen LogP contribution in [0.4, 0.5) is 24.7 Å². The zero-order valence-electron chi connectivity index (χ0n) is 21.8. The topological polar surface area (TPSA) is 110 Å². The molecule has 0 saturated carbocycles. The van der Waals surface area contributed by atoms with E-state index in [0.29, 0.717) is 41.4 Å². The number of aliphatic hydroxyl groups is 1. The normalized spacial score (nSPS) is 14.1. The predicted octanol–water partition coefficient (Wildman–Crippen LogP) is 3.99. The van der Waals surface area contributed by atoms with Gasteiger partial charge in [0.1, 0.15) is 12.1 Å². The molecule has 1 aliphatic heterocycles. The van der Waals surface area contributed by atoms with Gasteiger partial charge < -0.3 is 15.3 Å². The zero-order chi connectivity index (χ0) is 28.0. The van der Waals surface area contributed by atoms with Crippen LogP contribution in [0.15, 0.2) is 48.8 Å². The summed E-state index contributed by atoms with van der Waals surface area (Å²) in [7, 11) is 1.79. The Labute approximate surface area is 227 Å². The summed E-state index contributed by atoms with van der Waals surface area (Å²) in [6.45, 7) is 2.43. The number of aliphatic hydroxyl groups excluding tert-OH is 1. The number of fused-ring (bicyclic) bond motifs is 2. The number of pyridine rings is 1. The van der Waals surface area contributed by atoms with E-state index in [2.05, 4.69) is 25.6 Å². The molecule has 4 aromatic heterocycles. The number of halogens is 3. The molecular weight excluding hydrogens is 523 g/mol. The Bertz CT molecular complexity index is 1690. The average molecular weight is 550 g/mol. The van der Waals surface area contributed by atoms with Gasteiger partial charge in [-0.25, -0.2) is 14.6 Å². The molecule has 1 aliphatic rings. The molecule has 1 aromatic carbocycles. The number of benzene rings is 1. The maximum absolute atomic E-state index is 14.0. The fourth-order valence-corrected chi connectivity index (χ4v) is 4.94. The van der Waals surface area contributed by atoms with E-state index < -0.39 is 11.9 Å². The van der Waals surface area contributed by atoms with Gasteiger partial charge in [0.15, 0.2) is 17.3 Å². The number of nitrogens with one attached hydrogen (secondary N) is 1. The maximum Gasteiger partial charge on any atom is 0.435 e. The van der Waals surface area contributed by atoms with Gasteiger partial charge in [-0.2, -0.15) is 23.4 Å². The number of aryl methyl sites for hydroxylation is 1. The summed E-state index contributed by atoms with van der Waals surface area (Å²) in [6.07, 6.45) is -2.36. The Hall–Kier alpha value is -4.36. The van der Waals surface area contributed by atoms with E-state index in [0.717, 1.165) is 16.9 Å². The molecule has 0 radical (unpaired) electrons. The average Bonchev–Trinajstić information content (AvgIpc) is 3.52. The quantitative estimate of drug-likeness (QED) is 0.327. The number of alkyl halides is 3. The van der Waals surface area contributed by atoms with Crippen molar-refractivity contribution in [2.24, 2.45) is 0 Å². The largest absolute Gasteiger partial charge is 0.435 e. The molecule has 0 saturated heterocycles. The van der Waals surface area contributed by atoms with Crippen molar-refractivity contribution in [3.63, 3.8) is 0 Å². The van der Waals surface area contributed by atoms with Gasteiger partial charge in [0.05, 0.1) is 22.4 Å². The van der Waals surface area contributed by atoms with Crippen LogP contribution in [0.5, 0.6) is 0 Å². The van der Waals surface area contributed by atoms with E-state index >= 15 is 0 Å². The van der Waals surface area contributed by atoms with Crippen LogP contribution in [-0.4, -0.2) is 64.7 Å². The molecule has 6 rings (SSSR count). The predicted molar refractivity (Wildman–Crippen MR) is 142 cm³/mol. The summed E-state index contributed by atoms with van der Waals surface area (Å²) < 4.78 is 45.0. The second-order valence-electron chi connectivity index (χ2n) is 9.80. The molecule has 0 atom stereocenters. The van der Waals surface area contributed by atoms with Gasteiger partial charge in [-0.05, 0) is 62.4 Å². The number of aromatic nitrogens is 7.